The summed E-state index contributed by atoms with van der Waals surface area (Å²) in [7, 11) is 0. The second-order valence-electron chi connectivity index (χ2n) is 6.87. The number of amides is 1. The first-order valence-corrected chi connectivity index (χ1v) is 9.06. The van der Waals surface area contributed by atoms with Crippen molar-refractivity contribution in [3.05, 3.63) is 30.3 Å². The predicted molar refractivity (Wildman–Crippen MR) is 94.2 cm³/mol. The topological polar surface area (TPSA) is 70.1 Å². The Kier molecular flexibility index (Phi) is 5.58. The molecule has 0 atom stereocenters. The number of esters is 1. The number of ether oxygens (including phenoxy) is 1. The third-order valence-electron chi connectivity index (χ3n) is 5.14. The molecule has 1 heterocycles. The Morgan fingerprint density at radius 3 is 2.28 bits per heavy atom. The highest BCUT2D eigenvalue weighted by molar-refractivity contribution is 5.84. The molecule has 1 saturated carbocycles. The van der Waals surface area contributed by atoms with E-state index in [2.05, 4.69) is 17.0 Å². The van der Waals surface area contributed by atoms with Crippen molar-refractivity contribution in [2.24, 2.45) is 0 Å². The van der Waals surface area contributed by atoms with Gasteiger partial charge >= 0.3 is 5.97 Å². The number of rotatable bonds is 4. The molecule has 1 aromatic carbocycles. The van der Waals surface area contributed by atoms with Crippen LogP contribution < -0.4 is 4.90 Å². The second kappa shape index (κ2) is 7.87. The van der Waals surface area contributed by atoms with Crippen molar-refractivity contribution in [2.45, 2.75) is 37.7 Å². The molecule has 1 saturated heterocycles. The van der Waals surface area contributed by atoms with Gasteiger partial charge in [0.25, 0.3) is 5.91 Å². The average molecular weight is 346 g/mol. The molecule has 6 heteroatoms. The van der Waals surface area contributed by atoms with Gasteiger partial charge in [-0.25, -0.2) is 4.79 Å². The Morgan fingerprint density at radius 2 is 1.64 bits per heavy atom. The third-order valence-corrected chi connectivity index (χ3v) is 5.14. The standard InChI is InChI=1S/C19H26N2O4/c22-17(15-25-18(23)19(24)9-5-2-6-10-19)21-13-11-20(12-14-21)16-7-3-1-4-8-16/h1,3-4,7-8,24H,2,5-6,9-15H2. The predicted octanol–water partition coefficient (Wildman–Crippen LogP) is 1.57. The molecule has 6 nitrogen and oxygen atoms in total. The zero-order valence-corrected chi connectivity index (χ0v) is 14.5. The molecule has 0 bridgehead atoms. The van der Waals surface area contributed by atoms with Crippen LogP contribution in [0.3, 0.4) is 0 Å². The van der Waals surface area contributed by atoms with Crippen LogP contribution in [0, 0.1) is 0 Å². The van der Waals surface area contributed by atoms with Crippen molar-refractivity contribution in [1.82, 2.24) is 4.90 Å². The van der Waals surface area contributed by atoms with E-state index >= 15 is 0 Å². The van der Waals surface area contributed by atoms with Gasteiger partial charge in [0.2, 0.25) is 0 Å². The molecule has 1 aromatic rings. The summed E-state index contributed by atoms with van der Waals surface area (Å²) in [6, 6.07) is 10.1. The maximum atomic E-state index is 12.3. The van der Waals surface area contributed by atoms with E-state index in [4.69, 9.17) is 4.74 Å². The largest absolute Gasteiger partial charge is 0.453 e. The Labute approximate surface area is 148 Å². The van der Waals surface area contributed by atoms with Crippen LogP contribution in [0.1, 0.15) is 32.1 Å². The minimum absolute atomic E-state index is 0.194. The number of para-hydroxylation sites is 1. The van der Waals surface area contributed by atoms with E-state index in [9.17, 15) is 14.7 Å². The highest BCUT2D eigenvalue weighted by Gasteiger charge is 2.39. The van der Waals surface area contributed by atoms with Gasteiger partial charge in [0.05, 0.1) is 0 Å². The lowest BCUT2D eigenvalue weighted by molar-refractivity contribution is -0.172. The van der Waals surface area contributed by atoms with Crippen molar-refractivity contribution >= 4 is 17.6 Å². The van der Waals surface area contributed by atoms with Crippen molar-refractivity contribution < 1.29 is 19.4 Å². The monoisotopic (exact) mass is 346 g/mol. The van der Waals surface area contributed by atoms with Crippen LogP contribution >= 0.6 is 0 Å². The molecule has 1 N–H and O–H groups in total. The van der Waals surface area contributed by atoms with Crippen molar-refractivity contribution in [3.8, 4) is 0 Å². The number of hydrogen-bond donors (Lipinski definition) is 1. The van der Waals surface area contributed by atoms with Crippen LogP contribution in [0.25, 0.3) is 0 Å². The molecular formula is C19H26N2O4. The van der Waals surface area contributed by atoms with Gasteiger partial charge in [0, 0.05) is 31.9 Å². The summed E-state index contributed by atoms with van der Waals surface area (Å²) in [5.41, 5.74) is -0.245. The molecule has 0 spiro atoms. The van der Waals surface area contributed by atoms with Gasteiger partial charge in [0.1, 0.15) is 0 Å². The molecule has 1 aliphatic heterocycles. The molecule has 1 amide bonds. The SMILES string of the molecule is O=C(COC(=O)C1(O)CCCCC1)N1CCN(c2ccccc2)CC1. The lowest BCUT2D eigenvalue weighted by atomic mass is 9.85. The summed E-state index contributed by atoms with van der Waals surface area (Å²) in [5.74, 6) is -0.844. The first-order valence-electron chi connectivity index (χ1n) is 9.06. The number of carbonyl (C=O) groups is 2. The zero-order valence-electron chi connectivity index (χ0n) is 14.5. The number of aliphatic hydroxyl groups is 1. The normalized spacial score (nSPS) is 20.2. The fourth-order valence-corrected chi connectivity index (χ4v) is 3.55. The van der Waals surface area contributed by atoms with E-state index in [-0.39, 0.29) is 12.5 Å². The zero-order chi connectivity index (χ0) is 17.7. The Bertz CT molecular complexity index is 591. The van der Waals surface area contributed by atoms with Crippen LogP contribution in [-0.2, 0) is 14.3 Å². The summed E-state index contributed by atoms with van der Waals surface area (Å²) in [6.45, 7) is 2.44. The van der Waals surface area contributed by atoms with Gasteiger partial charge in [-0.3, -0.25) is 4.79 Å². The molecule has 0 unspecified atom stereocenters. The van der Waals surface area contributed by atoms with Gasteiger partial charge in [-0.1, -0.05) is 24.6 Å². The summed E-state index contributed by atoms with van der Waals surface area (Å²) in [4.78, 5) is 28.3. The minimum atomic E-state index is -1.40. The molecule has 2 aliphatic rings. The molecule has 0 aromatic heterocycles. The number of piperazine rings is 1. The van der Waals surface area contributed by atoms with Crippen LogP contribution in [0.5, 0.6) is 0 Å². The molecule has 3 rings (SSSR count). The maximum Gasteiger partial charge on any atom is 0.338 e. The summed E-state index contributed by atoms with van der Waals surface area (Å²) in [5, 5.41) is 10.3. The molecule has 2 fully saturated rings. The highest BCUT2D eigenvalue weighted by atomic mass is 16.6. The van der Waals surface area contributed by atoms with Gasteiger partial charge < -0.3 is 19.6 Å². The van der Waals surface area contributed by atoms with E-state index < -0.39 is 11.6 Å². The lowest BCUT2D eigenvalue weighted by Crippen LogP contribution is -2.50. The van der Waals surface area contributed by atoms with Crippen LogP contribution in [0.2, 0.25) is 0 Å². The minimum Gasteiger partial charge on any atom is -0.453 e. The number of nitrogens with zero attached hydrogens (tertiary/aromatic N) is 2. The first kappa shape index (κ1) is 17.7. The molecule has 25 heavy (non-hydrogen) atoms. The van der Waals surface area contributed by atoms with Gasteiger partial charge in [-0.2, -0.15) is 0 Å². The van der Waals surface area contributed by atoms with Crippen LogP contribution in [-0.4, -0.2) is 60.3 Å². The van der Waals surface area contributed by atoms with E-state index in [1.165, 1.54) is 0 Å². The van der Waals surface area contributed by atoms with Crippen molar-refractivity contribution in [3.63, 3.8) is 0 Å². The Balaban J connectivity index is 1.44. The fraction of sp³-hybridized carbons (Fsp3) is 0.579. The molecular weight excluding hydrogens is 320 g/mol. The maximum absolute atomic E-state index is 12.3. The Morgan fingerprint density at radius 1 is 1.00 bits per heavy atom. The van der Waals surface area contributed by atoms with Crippen LogP contribution in [0.4, 0.5) is 5.69 Å². The van der Waals surface area contributed by atoms with E-state index in [1.54, 1.807) is 4.90 Å². The van der Waals surface area contributed by atoms with Gasteiger partial charge in [-0.15, -0.1) is 0 Å². The number of hydrogen-bond acceptors (Lipinski definition) is 5. The first-order chi connectivity index (χ1) is 12.1. The summed E-state index contributed by atoms with van der Waals surface area (Å²) in [6.07, 6.45) is 3.52. The van der Waals surface area contributed by atoms with Crippen molar-refractivity contribution in [2.75, 3.05) is 37.7 Å². The quantitative estimate of drug-likeness (QED) is 0.838. The summed E-state index contributed by atoms with van der Waals surface area (Å²) >= 11 is 0. The molecule has 0 radical (unpaired) electrons. The molecule has 1 aliphatic carbocycles. The number of benzene rings is 1. The van der Waals surface area contributed by atoms with Gasteiger partial charge in [-0.05, 0) is 37.8 Å². The number of anilines is 1. The lowest BCUT2D eigenvalue weighted by Gasteiger charge is -2.36. The fourth-order valence-electron chi connectivity index (χ4n) is 3.55. The summed E-state index contributed by atoms with van der Waals surface area (Å²) < 4.78 is 5.12. The van der Waals surface area contributed by atoms with E-state index in [0.717, 1.165) is 38.0 Å². The van der Waals surface area contributed by atoms with E-state index in [0.29, 0.717) is 25.9 Å². The third kappa shape index (κ3) is 4.31. The average Bonchev–Trinajstić information content (AvgIpc) is 2.67. The second-order valence-corrected chi connectivity index (χ2v) is 6.87. The van der Waals surface area contributed by atoms with Gasteiger partial charge in [0.15, 0.2) is 12.2 Å². The number of carbonyl (C=O) groups excluding carboxylic acids is 2. The van der Waals surface area contributed by atoms with Crippen molar-refractivity contribution in [1.29, 1.82) is 0 Å². The highest BCUT2D eigenvalue weighted by Crippen LogP contribution is 2.29. The Hall–Kier alpha value is -2.08. The smallest absolute Gasteiger partial charge is 0.338 e. The van der Waals surface area contributed by atoms with E-state index in [1.807, 2.05) is 18.2 Å². The molecule has 136 valence electrons. The van der Waals surface area contributed by atoms with Crippen LogP contribution in [0.15, 0.2) is 30.3 Å².